The van der Waals surface area contributed by atoms with Gasteiger partial charge in [0.15, 0.2) is 28.8 Å². The van der Waals surface area contributed by atoms with Crippen molar-refractivity contribution in [1.82, 2.24) is 4.90 Å². The van der Waals surface area contributed by atoms with Gasteiger partial charge in [0.1, 0.15) is 0 Å². The summed E-state index contributed by atoms with van der Waals surface area (Å²) in [5.41, 5.74) is 3.79. The Morgan fingerprint density at radius 2 is 1.33 bits per heavy atom. The Bertz CT molecular complexity index is 1070. The normalized spacial score (nSPS) is 13.1. The number of unbranched alkanes of at least 4 members (excludes halogenated alkanes) is 2. The van der Waals surface area contributed by atoms with Crippen LogP contribution in [0, 0.1) is 6.92 Å². The molecule has 198 valence electrons. The predicted molar refractivity (Wildman–Crippen MR) is 139 cm³/mol. The highest BCUT2D eigenvalue weighted by atomic mass is 16.5. The summed E-state index contributed by atoms with van der Waals surface area (Å²) in [6.07, 6.45) is 4.21. The van der Waals surface area contributed by atoms with Crippen LogP contribution in [-0.4, -0.2) is 66.4 Å². The number of rotatable bonds is 13. The molecule has 1 aliphatic rings. The first-order valence-corrected chi connectivity index (χ1v) is 12.3. The summed E-state index contributed by atoms with van der Waals surface area (Å²) in [5.74, 6) is 3.23. The molecule has 0 unspecified atom stereocenters. The summed E-state index contributed by atoms with van der Waals surface area (Å²) in [6.45, 7) is 4.75. The number of benzene rings is 2. The SMILES string of the molecule is COc1cc2c(cc1OC)CN(CCCCCC(=O)c1c(C)c(OC)c(OC)c(OC)c1OC)CC2. The van der Waals surface area contributed by atoms with Gasteiger partial charge in [-0.2, -0.15) is 0 Å². The first kappa shape index (κ1) is 27.5. The molecule has 2 aromatic carbocycles. The summed E-state index contributed by atoms with van der Waals surface area (Å²) in [5, 5.41) is 0. The molecule has 36 heavy (non-hydrogen) atoms. The Labute approximate surface area is 214 Å². The fourth-order valence-corrected chi connectivity index (χ4v) is 4.98. The molecule has 0 fully saturated rings. The van der Waals surface area contributed by atoms with Crippen LogP contribution in [0.15, 0.2) is 12.1 Å². The number of hydrogen-bond donors (Lipinski definition) is 0. The van der Waals surface area contributed by atoms with E-state index in [4.69, 9.17) is 28.4 Å². The van der Waals surface area contributed by atoms with E-state index in [1.165, 1.54) is 32.5 Å². The van der Waals surface area contributed by atoms with E-state index >= 15 is 0 Å². The van der Waals surface area contributed by atoms with Gasteiger partial charge in [-0.05, 0) is 56.0 Å². The third-order valence-electron chi connectivity index (χ3n) is 6.83. The van der Waals surface area contributed by atoms with Gasteiger partial charge in [-0.25, -0.2) is 0 Å². The van der Waals surface area contributed by atoms with E-state index in [1.807, 2.05) is 6.92 Å². The molecule has 3 rings (SSSR count). The number of fused-ring (bicyclic) bond motifs is 1. The number of carbonyl (C=O) groups is 1. The minimum Gasteiger partial charge on any atom is -0.493 e. The van der Waals surface area contributed by atoms with Gasteiger partial charge in [-0.15, -0.1) is 0 Å². The number of hydrogen-bond acceptors (Lipinski definition) is 8. The molecular formula is C28H39NO7. The second kappa shape index (κ2) is 12.7. The molecule has 8 nitrogen and oxygen atoms in total. The van der Waals surface area contributed by atoms with Gasteiger partial charge >= 0.3 is 0 Å². The number of carbonyl (C=O) groups excluding carboxylic acids is 1. The molecule has 1 heterocycles. The van der Waals surface area contributed by atoms with E-state index in [0.717, 1.165) is 56.8 Å². The number of Topliss-reactive ketones (excluding diaryl/α,β-unsaturated/α-hetero) is 1. The minimum absolute atomic E-state index is 0.0107. The van der Waals surface area contributed by atoms with Gasteiger partial charge in [-0.1, -0.05) is 6.42 Å². The monoisotopic (exact) mass is 501 g/mol. The van der Waals surface area contributed by atoms with E-state index < -0.39 is 0 Å². The van der Waals surface area contributed by atoms with Crippen molar-refractivity contribution >= 4 is 5.78 Å². The standard InChI is InChI=1S/C28H39NO7/c1-18-24(26(34-5)28(36-7)27(35-6)25(18)33-4)21(30)11-9-8-10-13-29-14-12-19-15-22(31-2)23(32-3)16-20(19)17-29/h15-16H,8-14,17H2,1-7H3. The molecular weight excluding hydrogens is 462 g/mol. The second-order valence-corrected chi connectivity index (χ2v) is 8.87. The fourth-order valence-electron chi connectivity index (χ4n) is 4.98. The molecule has 0 aliphatic carbocycles. The van der Waals surface area contributed by atoms with E-state index in [9.17, 15) is 4.79 Å². The van der Waals surface area contributed by atoms with Crippen molar-refractivity contribution < 1.29 is 33.2 Å². The lowest BCUT2D eigenvalue weighted by molar-refractivity contribution is 0.0973. The molecule has 0 atom stereocenters. The Morgan fingerprint density at radius 3 is 1.92 bits per heavy atom. The number of methoxy groups -OCH3 is 6. The molecule has 1 aliphatic heterocycles. The minimum atomic E-state index is 0.0107. The largest absolute Gasteiger partial charge is 0.493 e. The summed E-state index contributed by atoms with van der Waals surface area (Å²) >= 11 is 0. The zero-order valence-electron chi connectivity index (χ0n) is 22.6. The van der Waals surface area contributed by atoms with Gasteiger partial charge in [0.25, 0.3) is 0 Å². The molecule has 2 aromatic rings. The van der Waals surface area contributed by atoms with Crippen LogP contribution in [0.5, 0.6) is 34.5 Å². The topological polar surface area (TPSA) is 75.7 Å². The molecule has 0 N–H and O–H groups in total. The van der Waals surface area contributed by atoms with Crippen molar-refractivity contribution in [3.63, 3.8) is 0 Å². The molecule has 8 heteroatoms. The fraction of sp³-hybridized carbons (Fsp3) is 0.536. The van der Waals surface area contributed by atoms with Crippen molar-refractivity contribution in [1.29, 1.82) is 0 Å². The van der Waals surface area contributed by atoms with Crippen molar-refractivity contribution in [2.24, 2.45) is 0 Å². The van der Waals surface area contributed by atoms with Crippen molar-refractivity contribution in [2.75, 3.05) is 55.7 Å². The zero-order valence-corrected chi connectivity index (χ0v) is 22.6. The lowest BCUT2D eigenvalue weighted by atomic mass is 9.96. The van der Waals surface area contributed by atoms with E-state index in [1.54, 1.807) is 21.3 Å². The number of nitrogens with zero attached hydrogens (tertiary/aromatic N) is 1. The van der Waals surface area contributed by atoms with Crippen LogP contribution in [0.2, 0.25) is 0 Å². The van der Waals surface area contributed by atoms with Crippen LogP contribution >= 0.6 is 0 Å². The Kier molecular flexibility index (Phi) is 9.70. The summed E-state index contributed by atoms with van der Waals surface area (Å²) in [4.78, 5) is 15.7. The van der Waals surface area contributed by atoms with Gasteiger partial charge in [0.2, 0.25) is 11.5 Å². The smallest absolute Gasteiger partial charge is 0.208 e. The summed E-state index contributed by atoms with van der Waals surface area (Å²) in [7, 11) is 9.48. The Hall–Kier alpha value is -3.13. The molecule has 0 aromatic heterocycles. The molecule has 0 saturated heterocycles. The summed E-state index contributed by atoms with van der Waals surface area (Å²) < 4.78 is 33.0. The van der Waals surface area contributed by atoms with E-state index in [-0.39, 0.29) is 5.78 Å². The highest BCUT2D eigenvalue weighted by molar-refractivity contribution is 6.02. The predicted octanol–water partition coefficient (Wildman–Crippen LogP) is 4.85. The third-order valence-corrected chi connectivity index (χ3v) is 6.83. The van der Waals surface area contributed by atoms with Crippen LogP contribution < -0.4 is 28.4 Å². The van der Waals surface area contributed by atoms with Gasteiger partial charge in [0, 0.05) is 25.1 Å². The van der Waals surface area contributed by atoms with Crippen LogP contribution in [0.3, 0.4) is 0 Å². The first-order chi connectivity index (χ1) is 17.4. The van der Waals surface area contributed by atoms with Crippen LogP contribution in [0.1, 0.15) is 52.7 Å². The van der Waals surface area contributed by atoms with Crippen molar-refractivity contribution in [3.05, 3.63) is 34.4 Å². The molecule has 0 amide bonds. The lowest BCUT2D eigenvalue weighted by Gasteiger charge is -2.29. The highest BCUT2D eigenvalue weighted by Gasteiger charge is 2.28. The quantitative estimate of drug-likeness (QED) is 0.285. The van der Waals surface area contributed by atoms with Crippen LogP contribution in [-0.2, 0) is 13.0 Å². The Balaban J connectivity index is 1.58. The molecule has 0 bridgehead atoms. The third kappa shape index (κ3) is 5.64. The zero-order chi connectivity index (χ0) is 26.2. The van der Waals surface area contributed by atoms with Crippen LogP contribution in [0.25, 0.3) is 0 Å². The maximum atomic E-state index is 13.2. The van der Waals surface area contributed by atoms with E-state index in [0.29, 0.717) is 40.5 Å². The average Bonchev–Trinajstić information content (AvgIpc) is 2.90. The molecule has 0 saturated carbocycles. The lowest BCUT2D eigenvalue weighted by Crippen LogP contribution is -2.31. The van der Waals surface area contributed by atoms with Crippen molar-refractivity contribution in [2.45, 2.75) is 45.6 Å². The van der Waals surface area contributed by atoms with Gasteiger partial charge in [-0.3, -0.25) is 9.69 Å². The second-order valence-electron chi connectivity index (χ2n) is 8.87. The maximum Gasteiger partial charge on any atom is 0.208 e. The Morgan fingerprint density at radius 1 is 0.750 bits per heavy atom. The van der Waals surface area contributed by atoms with Crippen molar-refractivity contribution in [3.8, 4) is 34.5 Å². The van der Waals surface area contributed by atoms with Gasteiger partial charge < -0.3 is 28.4 Å². The molecule has 0 radical (unpaired) electrons. The van der Waals surface area contributed by atoms with Gasteiger partial charge in [0.05, 0.1) is 48.2 Å². The van der Waals surface area contributed by atoms with Crippen LogP contribution in [0.4, 0.5) is 0 Å². The van der Waals surface area contributed by atoms with E-state index in [2.05, 4.69) is 17.0 Å². The molecule has 0 spiro atoms. The maximum absolute atomic E-state index is 13.2. The number of ketones is 1. The highest BCUT2D eigenvalue weighted by Crippen LogP contribution is 2.49. The summed E-state index contributed by atoms with van der Waals surface area (Å²) in [6, 6.07) is 4.18. The first-order valence-electron chi connectivity index (χ1n) is 12.3. The average molecular weight is 502 g/mol. The number of ether oxygens (including phenoxy) is 6.